The Morgan fingerprint density at radius 1 is 1.06 bits per heavy atom. The number of thiophene rings is 1. The summed E-state index contributed by atoms with van der Waals surface area (Å²) in [6.07, 6.45) is 7.26. The molecule has 7 heteroatoms. The normalized spacial score (nSPS) is 18.1. The average Bonchev–Trinajstić information content (AvgIpc) is 3.40. The van der Waals surface area contributed by atoms with Crippen molar-refractivity contribution in [2.45, 2.75) is 37.8 Å². The van der Waals surface area contributed by atoms with Crippen molar-refractivity contribution < 1.29 is 4.79 Å². The molecule has 1 aliphatic rings. The minimum Gasteiger partial charge on any atom is -0.381 e. The number of nitriles is 1. The van der Waals surface area contributed by atoms with E-state index in [0.29, 0.717) is 16.1 Å². The number of nitrogens with zero attached hydrogens (tertiary/aromatic N) is 3. The summed E-state index contributed by atoms with van der Waals surface area (Å²) < 4.78 is 0. The fourth-order valence-electron chi connectivity index (χ4n) is 4.34. The average molecular weight is 454 g/mol. The Kier molecular flexibility index (Phi) is 5.86. The van der Waals surface area contributed by atoms with Gasteiger partial charge in [0.1, 0.15) is 11.8 Å². The van der Waals surface area contributed by atoms with E-state index in [-0.39, 0.29) is 17.9 Å². The number of hydrogen-bond donors (Lipinski definition) is 2. The molecule has 0 amide bonds. The largest absolute Gasteiger partial charge is 0.381 e. The van der Waals surface area contributed by atoms with Crippen molar-refractivity contribution in [2.24, 2.45) is 5.73 Å². The fourth-order valence-corrected chi connectivity index (χ4v) is 5.02. The molecule has 0 unspecified atom stereocenters. The van der Waals surface area contributed by atoms with Gasteiger partial charge in [-0.2, -0.15) is 5.26 Å². The lowest BCUT2D eigenvalue weighted by molar-refractivity contribution is 0.104. The molecule has 4 aromatic rings. The lowest BCUT2D eigenvalue weighted by Gasteiger charge is -2.29. The highest BCUT2D eigenvalue weighted by molar-refractivity contribution is 7.12. The number of nitrogens with one attached hydrogen (secondary N) is 1. The molecule has 1 saturated carbocycles. The number of fused-ring (bicyclic) bond motifs is 1. The van der Waals surface area contributed by atoms with Crippen LogP contribution in [0.5, 0.6) is 0 Å². The van der Waals surface area contributed by atoms with Crippen molar-refractivity contribution in [2.75, 3.05) is 5.32 Å². The maximum atomic E-state index is 13.4. The SMILES string of the molecule is N#Cc1ccc(-c2ccc3ncc(C(=O)c4cccs4)c(N[C@H]4CC[C@H](N)CC4)c3c2)cn1. The molecule has 3 N–H and O–H groups in total. The lowest BCUT2D eigenvalue weighted by Crippen LogP contribution is -2.33. The van der Waals surface area contributed by atoms with Gasteiger partial charge >= 0.3 is 0 Å². The van der Waals surface area contributed by atoms with Gasteiger partial charge in [-0.3, -0.25) is 9.78 Å². The van der Waals surface area contributed by atoms with Crippen molar-refractivity contribution >= 4 is 33.7 Å². The molecule has 0 atom stereocenters. The molecular formula is C26H23N5OS. The molecule has 3 aromatic heterocycles. The van der Waals surface area contributed by atoms with Gasteiger partial charge < -0.3 is 11.1 Å². The number of aromatic nitrogens is 2. The third kappa shape index (κ3) is 4.36. The minimum absolute atomic E-state index is 0.0279. The van der Waals surface area contributed by atoms with E-state index in [1.54, 1.807) is 18.5 Å². The first-order chi connectivity index (χ1) is 16.1. The van der Waals surface area contributed by atoms with Crippen LogP contribution in [0, 0.1) is 11.3 Å². The van der Waals surface area contributed by atoms with Crippen molar-refractivity contribution in [3.8, 4) is 17.2 Å². The first-order valence-electron chi connectivity index (χ1n) is 11.0. The van der Waals surface area contributed by atoms with Crippen LogP contribution in [0.2, 0.25) is 0 Å². The van der Waals surface area contributed by atoms with Gasteiger partial charge in [0.2, 0.25) is 5.78 Å². The third-order valence-electron chi connectivity index (χ3n) is 6.19. The summed E-state index contributed by atoms with van der Waals surface area (Å²) in [4.78, 5) is 22.9. The first-order valence-corrected chi connectivity index (χ1v) is 11.9. The second kappa shape index (κ2) is 9.10. The van der Waals surface area contributed by atoms with Gasteiger partial charge in [0.15, 0.2) is 0 Å². The van der Waals surface area contributed by atoms with Gasteiger partial charge in [0, 0.05) is 35.4 Å². The predicted octanol–water partition coefficient (Wildman–Crippen LogP) is 5.14. The molecule has 0 saturated heterocycles. The summed E-state index contributed by atoms with van der Waals surface area (Å²) in [5.41, 5.74) is 10.6. The van der Waals surface area contributed by atoms with Gasteiger partial charge in [-0.1, -0.05) is 12.1 Å². The topological polar surface area (TPSA) is 105 Å². The Morgan fingerprint density at radius 3 is 2.58 bits per heavy atom. The number of pyridine rings is 2. The molecule has 164 valence electrons. The van der Waals surface area contributed by atoms with Crippen LogP contribution < -0.4 is 11.1 Å². The van der Waals surface area contributed by atoms with Gasteiger partial charge in [-0.15, -0.1) is 11.3 Å². The Labute approximate surface area is 196 Å². The minimum atomic E-state index is -0.0279. The van der Waals surface area contributed by atoms with Crippen LogP contribution in [0.1, 0.15) is 46.6 Å². The second-order valence-corrected chi connectivity index (χ2v) is 9.33. The number of carbonyl (C=O) groups excluding carboxylic acids is 1. The number of benzene rings is 1. The van der Waals surface area contributed by atoms with Crippen LogP contribution in [-0.4, -0.2) is 27.8 Å². The Hall–Kier alpha value is -3.60. The zero-order valence-electron chi connectivity index (χ0n) is 18.0. The summed E-state index contributed by atoms with van der Waals surface area (Å²) in [6.45, 7) is 0. The van der Waals surface area contributed by atoms with E-state index < -0.39 is 0 Å². The van der Waals surface area contributed by atoms with Crippen molar-refractivity contribution in [3.63, 3.8) is 0 Å². The van der Waals surface area contributed by atoms with Crippen molar-refractivity contribution in [1.29, 1.82) is 5.26 Å². The molecule has 1 aromatic carbocycles. The zero-order chi connectivity index (χ0) is 22.8. The van der Waals surface area contributed by atoms with Gasteiger partial charge in [0.05, 0.1) is 21.6 Å². The van der Waals surface area contributed by atoms with Crippen LogP contribution >= 0.6 is 11.3 Å². The van der Waals surface area contributed by atoms with E-state index in [4.69, 9.17) is 11.0 Å². The summed E-state index contributed by atoms with van der Waals surface area (Å²) in [7, 11) is 0. The van der Waals surface area contributed by atoms with E-state index in [0.717, 1.165) is 53.4 Å². The van der Waals surface area contributed by atoms with Crippen molar-refractivity contribution in [3.05, 3.63) is 76.4 Å². The molecular weight excluding hydrogens is 430 g/mol. The molecule has 0 aliphatic heterocycles. The molecule has 6 nitrogen and oxygen atoms in total. The van der Waals surface area contributed by atoms with Crippen LogP contribution in [0.15, 0.2) is 60.2 Å². The summed E-state index contributed by atoms with van der Waals surface area (Å²) in [6, 6.07) is 15.9. The molecule has 5 rings (SSSR count). The molecule has 1 fully saturated rings. The standard InChI is InChI=1S/C26H23N5OS/c27-13-20-7-3-17(14-29-20)16-4-10-23-21(12-16)25(31-19-8-5-18(28)6-9-19)22(15-30-23)26(32)24-2-1-11-33-24/h1-4,7,10-12,14-15,18-19H,5-6,8-9,28H2,(H,30,31)/t18-,19-. The number of hydrogen-bond acceptors (Lipinski definition) is 7. The number of nitrogens with two attached hydrogens (primary N) is 1. The Bertz CT molecular complexity index is 1330. The number of anilines is 1. The third-order valence-corrected chi connectivity index (χ3v) is 7.06. The fraction of sp³-hybridized carbons (Fsp3) is 0.231. The van der Waals surface area contributed by atoms with E-state index in [1.807, 2.05) is 47.8 Å². The Balaban J connectivity index is 1.62. The number of ketones is 1. The quantitative estimate of drug-likeness (QED) is 0.405. The number of rotatable bonds is 5. The number of carbonyl (C=O) groups is 1. The van der Waals surface area contributed by atoms with Gasteiger partial charge in [-0.25, -0.2) is 4.98 Å². The molecule has 0 radical (unpaired) electrons. The summed E-state index contributed by atoms with van der Waals surface area (Å²) in [5.74, 6) is -0.0279. The maximum Gasteiger partial charge on any atom is 0.206 e. The van der Waals surface area contributed by atoms with E-state index in [2.05, 4.69) is 15.3 Å². The molecule has 1 aliphatic carbocycles. The van der Waals surface area contributed by atoms with E-state index in [1.165, 1.54) is 11.3 Å². The summed E-state index contributed by atoms with van der Waals surface area (Å²) in [5, 5.41) is 15.5. The molecule has 0 spiro atoms. The highest BCUT2D eigenvalue weighted by Gasteiger charge is 2.23. The second-order valence-electron chi connectivity index (χ2n) is 8.39. The zero-order valence-corrected chi connectivity index (χ0v) is 18.8. The van der Waals surface area contributed by atoms with E-state index >= 15 is 0 Å². The predicted molar refractivity (Wildman–Crippen MR) is 131 cm³/mol. The van der Waals surface area contributed by atoms with Gasteiger partial charge in [-0.05, 0) is 67.0 Å². The molecule has 0 bridgehead atoms. The Morgan fingerprint density at radius 2 is 1.88 bits per heavy atom. The first kappa shape index (κ1) is 21.3. The summed E-state index contributed by atoms with van der Waals surface area (Å²) >= 11 is 1.43. The maximum absolute atomic E-state index is 13.4. The molecule has 33 heavy (non-hydrogen) atoms. The van der Waals surface area contributed by atoms with Crippen molar-refractivity contribution in [1.82, 2.24) is 9.97 Å². The van der Waals surface area contributed by atoms with E-state index in [9.17, 15) is 4.79 Å². The highest BCUT2D eigenvalue weighted by atomic mass is 32.1. The molecule has 3 heterocycles. The monoisotopic (exact) mass is 453 g/mol. The van der Waals surface area contributed by atoms with Crippen LogP contribution in [-0.2, 0) is 0 Å². The van der Waals surface area contributed by atoms with Crippen LogP contribution in [0.4, 0.5) is 5.69 Å². The lowest BCUT2D eigenvalue weighted by atomic mass is 9.91. The van der Waals surface area contributed by atoms with Crippen LogP contribution in [0.3, 0.4) is 0 Å². The smallest absolute Gasteiger partial charge is 0.206 e. The highest BCUT2D eigenvalue weighted by Crippen LogP contribution is 2.34. The van der Waals surface area contributed by atoms with Gasteiger partial charge in [0.25, 0.3) is 0 Å². The van der Waals surface area contributed by atoms with Crippen LogP contribution in [0.25, 0.3) is 22.0 Å².